The average Bonchev–Trinajstić information content (AvgIpc) is 3.45. The number of unbranched alkanes of at least 4 members (excludes halogenated alkanes) is 13. The molecule has 3 rings (SSSR count). The van der Waals surface area contributed by atoms with Gasteiger partial charge in [-0.3, -0.25) is 0 Å². The highest BCUT2D eigenvalue weighted by molar-refractivity contribution is 5.33. The molecule has 1 heterocycles. The van der Waals surface area contributed by atoms with Crippen LogP contribution in [0, 0.1) is 0 Å². The molecule has 0 bridgehead atoms. The van der Waals surface area contributed by atoms with Gasteiger partial charge in [0.25, 0.3) is 0 Å². The number of imidazole rings is 1. The molecule has 2 aromatic carbocycles. The Morgan fingerprint density at radius 1 is 0.650 bits per heavy atom. The van der Waals surface area contributed by atoms with E-state index in [1.54, 1.807) is 0 Å². The van der Waals surface area contributed by atoms with E-state index in [2.05, 4.69) is 98.4 Å². The molecular weight excluding hydrogens is 484 g/mol. The molecule has 220 valence electrons. The summed E-state index contributed by atoms with van der Waals surface area (Å²) in [5, 5.41) is 0. The monoisotopic (exact) mass is 542 g/mol. The van der Waals surface area contributed by atoms with Crippen LogP contribution in [0.4, 0.5) is 0 Å². The second kappa shape index (κ2) is 18.9. The van der Waals surface area contributed by atoms with Crippen LogP contribution < -0.4 is 0 Å². The van der Waals surface area contributed by atoms with Crippen molar-refractivity contribution in [3.8, 4) is 0 Å². The molecule has 0 radical (unpaired) electrons. The van der Waals surface area contributed by atoms with Crippen molar-refractivity contribution in [2.24, 2.45) is 0 Å². The molecule has 2 atom stereocenters. The van der Waals surface area contributed by atoms with Crippen LogP contribution in [0.25, 0.3) is 0 Å². The summed E-state index contributed by atoms with van der Waals surface area (Å²) in [6.07, 6.45) is 26.9. The zero-order valence-corrected chi connectivity index (χ0v) is 26.1. The summed E-state index contributed by atoms with van der Waals surface area (Å²) in [5.74, 6) is 1.68. The molecule has 3 aromatic rings. The highest BCUT2D eigenvalue weighted by atomic mass is 15.1. The third-order valence-corrected chi connectivity index (χ3v) is 9.02. The van der Waals surface area contributed by atoms with E-state index in [1.165, 1.54) is 120 Å². The van der Waals surface area contributed by atoms with Crippen molar-refractivity contribution < 1.29 is 0 Å². The van der Waals surface area contributed by atoms with Crippen LogP contribution in [0.1, 0.15) is 146 Å². The van der Waals surface area contributed by atoms with E-state index in [0.717, 1.165) is 13.0 Å². The van der Waals surface area contributed by atoms with E-state index in [9.17, 15) is 0 Å². The van der Waals surface area contributed by atoms with Crippen LogP contribution in [0.5, 0.6) is 0 Å². The molecular formula is C38H58N2. The highest BCUT2D eigenvalue weighted by Crippen LogP contribution is 2.44. The molecule has 0 fully saturated rings. The van der Waals surface area contributed by atoms with Gasteiger partial charge in [0.15, 0.2) is 0 Å². The second-order valence-electron chi connectivity index (χ2n) is 12.4. The Labute approximate surface area is 247 Å². The number of aromatic nitrogens is 2. The predicted octanol–water partition coefficient (Wildman–Crippen LogP) is 11.4. The van der Waals surface area contributed by atoms with Gasteiger partial charge in [-0.25, -0.2) is 4.98 Å². The number of hydrogen-bond donors (Lipinski definition) is 0. The Balaban J connectivity index is 1.72. The van der Waals surface area contributed by atoms with E-state index in [0.29, 0.717) is 5.92 Å². The number of rotatable bonds is 22. The maximum Gasteiger partial charge on any atom is 0.112 e. The normalized spacial score (nSPS) is 13.8. The molecule has 0 saturated carbocycles. The SMILES string of the molecule is CCCCCCCCCCCCCC(c1nccn1CCCCCC)C(C)(Cc1ccccc1)c1ccccc1. The van der Waals surface area contributed by atoms with Gasteiger partial charge in [-0.05, 0) is 30.4 Å². The fraction of sp³-hybridized carbons (Fsp3) is 0.605. The van der Waals surface area contributed by atoms with Gasteiger partial charge in [0.2, 0.25) is 0 Å². The Morgan fingerprint density at radius 2 is 1.18 bits per heavy atom. The third-order valence-electron chi connectivity index (χ3n) is 9.02. The van der Waals surface area contributed by atoms with Crippen molar-refractivity contribution in [1.82, 2.24) is 9.55 Å². The minimum atomic E-state index is -0.0202. The molecule has 0 aliphatic heterocycles. The minimum absolute atomic E-state index is 0.0202. The van der Waals surface area contributed by atoms with Crippen LogP contribution in [0.3, 0.4) is 0 Å². The Morgan fingerprint density at radius 3 is 1.77 bits per heavy atom. The summed E-state index contributed by atoms with van der Waals surface area (Å²) in [7, 11) is 0. The summed E-state index contributed by atoms with van der Waals surface area (Å²) in [5.41, 5.74) is 2.83. The smallest absolute Gasteiger partial charge is 0.112 e. The maximum absolute atomic E-state index is 5.08. The summed E-state index contributed by atoms with van der Waals surface area (Å²) < 4.78 is 2.49. The maximum atomic E-state index is 5.08. The quantitative estimate of drug-likeness (QED) is 0.115. The van der Waals surface area contributed by atoms with Gasteiger partial charge in [0.05, 0.1) is 0 Å². The molecule has 2 nitrogen and oxygen atoms in total. The molecule has 2 unspecified atom stereocenters. The number of aryl methyl sites for hydroxylation is 1. The lowest BCUT2D eigenvalue weighted by Gasteiger charge is -2.39. The second-order valence-corrected chi connectivity index (χ2v) is 12.4. The van der Waals surface area contributed by atoms with E-state index < -0.39 is 0 Å². The molecule has 0 aliphatic carbocycles. The van der Waals surface area contributed by atoms with E-state index in [-0.39, 0.29) is 5.41 Å². The largest absolute Gasteiger partial charge is 0.335 e. The van der Waals surface area contributed by atoms with Gasteiger partial charge in [-0.1, -0.05) is 171 Å². The molecule has 0 saturated heterocycles. The minimum Gasteiger partial charge on any atom is -0.335 e. The lowest BCUT2D eigenvalue weighted by Crippen LogP contribution is -2.35. The van der Waals surface area contributed by atoms with Crippen LogP contribution in [-0.2, 0) is 18.4 Å². The standard InChI is InChI=1S/C38H58N2/c1-4-6-8-10-11-12-13-14-15-16-23-29-36(37-39-30-32-40(37)31-24-9-7-5-2)38(3,35-27-21-18-22-28-35)33-34-25-19-17-20-26-34/h17-22,25-28,30,32,36H,4-16,23-24,29,31,33H2,1-3H3. The Kier molecular flexibility index (Phi) is 15.2. The molecule has 0 aliphatic rings. The van der Waals surface area contributed by atoms with E-state index in [1.807, 2.05) is 0 Å². The van der Waals surface area contributed by atoms with E-state index >= 15 is 0 Å². The van der Waals surface area contributed by atoms with Crippen LogP contribution in [-0.4, -0.2) is 9.55 Å². The molecule has 2 heteroatoms. The van der Waals surface area contributed by atoms with Gasteiger partial charge in [0, 0.05) is 30.3 Å². The lowest BCUT2D eigenvalue weighted by molar-refractivity contribution is 0.321. The van der Waals surface area contributed by atoms with Gasteiger partial charge >= 0.3 is 0 Å². The first-order valence-electron chi connectivity index (χ1n) is 16.8. The average molecular weight is 543 g/mol. The van der Waals surface area contributed by atoms with Gasteiger partial charge in [0.1, 0.15) is 5.82 Å². The van der Waals surface area contributed by atoms with Crippen LogP contribution >= 0.6 is 0 Å². The summed E-state index contributed by atoms with van der Waals surface area (Å²) in [6, 6.07) is 22.4. The zero-order valence-electron chi connectivity index (χ0n) is 26.1. The van der Waals surface area contributed by atoms with Crippen molar-refractivity contribution in [3.63, 3.8) is 0 Å². The van der Waals surface area contributed by atoms with Crippen molar-refractivity contribution in [1.29, 1.82) is 0 Å². The van der Waals surface area contributed by atoms with Crippen LogP contribution in [0.15, 0.2) is 73.1 Å². The van der Waals surface area contributed by atoms with E-state index in [4.69, 9.17) is 4.98 Å². The number of benzene rings is 2. The lowest BCUT2D eigenvalue weighted by atomic mass is 9.66. The highest BCUT2D eigenvalue weighted by Gasteiger charge is 2.39. The fourth-order valence-electron chi connectivity index (χ4n) is 6.54. The Hall–Kier alpha value is -2.35. The third kappa shape index (κ3) is 10.6. The van der Waals surface area contributed by atoms with Gasteiger partial charge < -0.3 is 4.57 Å². The van der Waals surface area contributed by atoms with Crippen molar-refractivity contribution in [2.75, 3.05) is 0 Å². The summed E-state index contributed by atoms with van der Waals surface area (Å²) in [6.45, 7) is 8.19. The molecule has 1 aromatic heterocycles. The molecule has 0 amide bonds. The van der Waals surface area contributed by atoms with Crippen molar-refractivity contribution >= 4 is 0 Å². The first kappa shape index (κ1) is 32.2. The van der Waals surface area contributed by atoms with Crippen LogP contribution in [0.2, 0.25) is 0 Å². The zero-order chi connectivity index (χ0) is 28.3. The number of hydrogen-bond acceptors (Lipinski definition) is 1. The Bertz CT molecular complexity index is 1010. The first-order chi connectivity index (χ1) is 19.7. The first-order valence-corrected chi connectivity index (χ1v) is 16.8. The summed E-state index contributed by atoms with van der Waals surface area (Å²) >= 11 is 0. The molecule has 40 heavy (non-hydrogen) atoms. The fourth-order valence-corrected chi connectivity index (χ4v) is 6.54. The molecule has 0 spiro atoms. The summed E-state index contributed by atoms with van der Waals surface area (Å²) in [4.78, 5) is 5.08. The molecule has 0 N–H and O–H groups in total. The number of nitrogens with zero attached hydrogens (tertiary/aromatic N) is 2. The van der Waals surface area contributed by atoms with Gasteiger partial charge in [-0.15, -0.1) is 0 Å². The van der Waals surface area contributed by atoms with Crippen molar-refractivity contribution in [3.05, 3.63) is 90.0 Å². The van der Waals surface area contributed by atoms with Crippen molar-refractivity contribution in [2.45, 2.75) is 148 Å². The van der Waals surface area contributed by atoms with Gasteiger partial charge in [-0.2, -0.15) is 0 Å². The predicted molar refractivity (Wildman–Crippen MR) is 174 cm³/mol. The topological polar surface area (TPSA) is 17.8 Å².